The average Bonchev–Trinajstić information content (AvgIpc) is 3.03. The number of aromatic nitrogens is 5. The summed E-state index contributed by atoms with van der Waals surface area (Å²) in [6.07, 6.45) is 4.17. The fourth-order valence-electron chi connectivity index (χ4n) is 2.33. The van der Waals surface area contributed by atoms with Gasteiger partial charge in [0.15, 0.2) is 11.5 Å². The second kappa shape index (κ2) is 6.94. The highest BCUT2D eigenvalue weighted by Gasteiger charge is 2.19. The first-order valence-electron chi connectivity index (χ1n) is 8.04. The molecular weight excluding hydrogens is 320 g/mol. The van der Waals surface area contributed by atoms with E-state index in [0.717, 1.165) is 5.69 Å². The summed E-state index contributed by atoms with van der Waals surface area (Å²) < 4.78 is 1.64. The van der Waals surface area contributed by atoms with Gasteiger partial charge in [0.1, 0.15) is 6.10 Å². The number of aliphatic hydroxyl groups excluding tert-OH is 1. The first kappa shape index (κ1) is 17.0. The number of pyridine rings is 1. The molecule has 0 aliphatic carbocycles. The van der Waals surface area contributed by atoms with Gasteiger partial charge in [0, 0.05) is 12.4 Å². The second-order valence-electron chi connectivity index (χ2n) is 6.22. The minimum absolute atomic E-state index is 0.00926. The Bertz CT molecular complexity index is 888. The maximum Gasteiger partial charge on any atom is 0.253 e. The van der Waals surface area contributed by atoms with Gasteiger partial charge in [-0.3, -0.25) is 19.2 Å². The number of nitrogens with one attached hydrogen (secondary N) is 1. The zero-order chi connectivity index (χ0) is 18.0. The van der Waals surface area contributed by atoms with Crippen LogP contribution in [0.3, 0.4) is 0 Å². The van der Waals surface area contributed by atoms with Crippen molar-refractivity contribution in [1.29, 1.82) is 0 Å². The first-order chi connectivity index (χ1) is 12.0. The number of fused-ring (bicyclic) bond motifs is 1. The van der Waals surface area contributed by atoms with Crippen LogP contribution in [0.25, 0.3) is 5.65 Å². The summed E-state index contributed by atoms with van der Waals surface area (Å²) in [5.74, 6) is 0.164. The van der Waals surface area contributed by atoms with Gasteiger partial charge < -0.3 is 10.4 Å². The Balaban J connectivity index is 1.79. The van der Waals surface area contributed by atoms with Crippen molar-refractivity contribution in [3.8, 4) is 0 Å². The minimum atomic E-state index is -0.754. The third kappa shape index (κ3) is 3.63. The highest BCUT2D eigenvalue weighted by Crippen LogP contribution is 2.20. The maximum absolute atomic E-state index is 12.4. The third-order valence-electron chi connectivity index (χ3n) is 3.85. The maximum atomic E-state index is 12.4. The molecule has 1 amide bonds. The predicted molar refractivity (Wildman–Crippen MR) is 90.7 cm³/mol. The minimum Gasteiger partial charge on any atom is -0.385 e. The molecular formula is C17H20N6O2. The Kier molecular flexibility index (Phi) is 4.71. The number of rotatable bonds is 5. The third-order valence-corrected chi connectivity index (χ3v) is 3.85. The van der Waals surface area contributed by atoms with E-state index in [0.29, 0.717) is 22.7 Å². The van der Waals surface area contributed by atoms with Crippen molar-refractivity contribution < 1.29 is 9.90 Å². The number of aliphatic hydroxyl groups is 1. The molecule has 2 N–H and O–H groups in total. The molecule has 3 rings (SSSR count). The average molecular weight is 340 g/mol. The van der Waals surface area contributed by atoms with E-state index in [1.54, 1.807) is 35.1 Å². The Morgan fingerprint density at radius 3 is 2.72 bits per heavy atom. The van der Waals surface area contributed by atoms with Crippen LogP contribution in [0.2, 0.25) is 0 Å². The van der Waals surface area contributed by atoms with Crippen LogP contribution in [-0.2, 0) is 6.54 Å². The molecule has 0 saturated carbocycles. The van der Waals surface area contributed by atoms with E-state index in [1.165, 1.54) is 0 Å². The molecule has 8 nitrogen and oxygen atoms in total. The Labute approximate surface area is 145 Å². The largest absolute Gasteiger partial charge is 0.385 e. The van der Waals surface area contributed by atoms with E-state index < -0.39 is 6.10 Å². The molecule has 0 aliphatic rings. The van der Waals surface area contributed by atoms with Gasteiger partial charge in [-0.15, -0.1) is 10.2 Å². The molecule has 3 heterocycles. The summed E-state index contributed by atoms with van der Waals surface area (Å²) in [5, 5.41) is 21.1. The fraction of sp³-hybridized carbons (Fsp3) is 0.353. The molecule has 0 fully saturated rings. The predicted octanol–water partition coefficient (Wildman–Crippen LogP) is 1.45. The Morgan fingerprint density at radius 1 is 1.24 bits per heavy atom. The number of carbonyl (C=O) groups excluding carboxylic acids is 1. The number of aryl methyl sites for hydroxylation is 1. The molecule has 0 aromatic carbocycles. The van der Waals surface area contributed by atoms with Crippen molar-refractivity contribution >= 4 is 11.6 Å². The smallest absolute Gasteiger partial charge is 0.253 e. The first-order valence-corrected chi connectivity index (χ1v) is 8.04. The summed E-state index contributed by atoms with van der Waals surface area (Å²) in [5.41, 5.74) is 2.53. The van der Waals surface area contributed by atoms with Crippen LogP contribution in [0.1, 0.15) is 47.5 Å². The molecule has 3 aromatic heterocycles. The summed E-state index contributed by atoms with van der Waals surface area (Å²) >= 11 is 0. The van der Waals surface area contributed by atoms with E-state index >= 15 is 0 Å². The van der Waals surface area contributed by atoms with E-state index in [1.807, 2.05) is 20.8 Å². The number of nitrogens with zero attached hydrogens (tertiary/aromatic N) is 5. The second-order valence-corrected chi connectivity index (χ2v) is 6.22. The van der Waals surface area contributed by atoms with Crippen LogP contribution in [-0.4, -0.2) is 35.6 Å². The van der Waals surface area contributed by atoms with Gasteiger partial charge in [0.25, 0.3) is 5.91 Å². The van der Waals surface area contributed by atoms with Crippen LogP contribution in [0.15, 0.2) is 30.7 Å². The van der Waals surface area contributed by atoms with Crippen molar-refractivity contribution in [1.82, 2.24) is 29.9 Å². The van der Waals surface area contributed by atoms with Crippen molar-refractivity contribution in [2.75, 3.05) is 0 Å². The van der Waals surface area contributed by atoms with Crippen LogP contribution in [0, 0.1) is 12.8 Å². The molecule has 3 aromatic rings. The van der Waals surface area contributed by atoms with Crippen LogP contribution in [0.5, 0.6) is 0 Å². The van der Waals surface area contributed by atoms with Gasteiger partial charge in [-0.05, 0) is 25.0 Å². The SMILES string of the molecule is Cc1cnc(CNC(=O)c2ccc3nnc(C(O)C(C)C)n3c2)cn1. The molecule has 0 saturated heterocycles. The Hall–Kier alpha value is -2.87. The van der Waals surface area contributed by atoms with Crippen molar-refractivity contribution in [3.63, 3.8) is 0 Å². The highest BCUT2D eigenvalue weighted by molar-refractivity contribution is 5.94. The number of hydrogen-bond donors (Lipinski definition) is 2. The van der Waals surface area contributed by atoms with E-state index in [9.17, 15) is 9.90 Å². The van der Waals surface area contributed by atoms with Crippen molar-refractivity contribution in [3.05, 3.63) is 53.5 Å². The van der Waals surface area contributed by atoms with Gasteiger partial charge in [-0.2, -0.15) is 0 Å². The molecule has 0 bridgehead atoms. The molecule has 1 unspecified atom stereocenters. The van der Waals surface area contributed by atoms with E-state index in [-0.39, 0.29) is 18.4 Å². The van der Waals surface area contributed by atoms with Crippen LogP contribution < -0.4 is 5.32 Å². The number of amides is 1. The molecule has 25 heavy (non-hydrogen) atoms. The lowest BCUT2D eigenvalue weighted by Gasteiger charge is -2.12. The summed E-state index contributed by atoms with van der Waals surface area (Å²) in [6, 6.07) is 3.37. The number of carbonyl (C=O) groups is 1. The van der Waals surface area contributed by atoms with Gasteiger partial charge >= 0.3 is 0 Å². The molecule has 8 heteroatoms. The van der Waals surface area contributed by atoms with Crippen molar-refractivity contribution in [2.24, 2.45) is 5.92 Å². The van der Waals surface area contributed by atoms with Gasteiger partial charge in [0.2, 0.25) is 0 Å². The lowest BCUT2D eigenvalue weighted by molar-refractivity contribution is 0.0949. The molecule has 130 valence electrons. The zero-order valence-electron chi connectivity index (χ0n) is 14.3. The monoisotopic (exact) mass is 340 g/mol. The quantitative estimate of drug-likeness (QED) is 0.728. The molecule has 0 radical (unpaired) electrons. The highest BCUT2D eigenvalue weighted by atomic mass is 16.3. The van der Waals surface area contributed by atoms with E-state index in [4.69, 9.17) is 0 Å². The lowest BCUT2D eigenvalue weighted by Crippen LogP contribution is -2.24. The Morgan fingerprint density at radius 2 is 2.04 bits per heavy atom. The summed E-state index contributed by atoms with van der Waals surface area (Å²) in [4.78, 5) is 20.7. The normalized spacial score (nSPS) is 12.5. The number of hydrogen-bond acceptors (Lipinski definition) is 6. The van der Waals surface area contributed by atoms with Crippen LogP contribution in [0.4, 0.5) is 0 Å². The lowest BCUT2D eigenvalue weighted by atomic mass is 10.1. The van der Waals surface area contributed by atoms with E-state index in [2.05, 4.69) is 25.5 Å². The molecule has 0 spiro atoms. The summed E-state index contributed by atoms with van der Waals surface area (Å²) in [7, 11) is 0. The van der Waals surface area contributed by atoms with Crippen molar-refractivity contribution in [2.45, 2.75) is 33.4 Å². The van der Waals surface area contributed by atoms with Gasteiger partial charge in [0.05, 0.1) is 29.7 Å². The fourth-order valence-corrected chi connectivity index (χ4v) is 2.33. The standard InChI is InChI=1S/C17H20N6O2/c1-10(2)15(24)16-22-21-14-5-4-12(9-23(14)16)17(25)20-8-13-7-18-11(3)6-19-13/h4-7,9-10,15,24H,8H2,1-3H3,(H,20,25). The molecule has 0 aliphatic heterocycles. The van der Waals surface area contributed by atoms with Gasteiger partial charge in [-0.25, -0.2) is 0 Å². The zero-order valence-corrected chi connectivity index (χ0v) is 14.3. The molecule has 1 atom stereocenters. The van der Waals surface area contributed by atoms with Gasteiger partial charge in [-0.1, -0.05) is 13.8 Å². The van der Waals surface area contributed by atoms with Crippen LogP contribution >= 0.6 is 0 Å². The summed E-state index contributed by atoms with van der Waals surface area (Å²) in [6.45, 7) is 5.93. The topological polar surface area (TPSA) is 105 Å².